The van der Waals surface area contributed by atoms with E-state index in [4.69, 9.17) is 18.9 Å². The molecule has 1 aliphatic carbocycles. The quantitative estimate of drug-likeness (QED) is 0.333. The summed E-state index contributed by atoms with van der Waals surface area (Å²) in [5.74, 6) is -2.62. The number of esters is 2. The van der Waals surface area contributed by atoms with Crippen molar-refractivity contribution < 1.29 is 33.3 Å². The summed E-state index contributed by atoms with van der Waals surface area (Å²) < 4.78 is 21.1. The van der Waals surface area contributed by atoms with Crippen LogP contribution in [0.1, 0.15) is 45.1 Å². The first-order chi connectivity index (χ1) is 16.3. The maximum absolute atomic E-state index is 13.7. The molecule has 0 saturated carbocycles. The van der Waals surface area contributed by atoms with Gasteiger partial charge in [0, 0.05) is 29.5 Å². The van der Waals surface area contributed by atoms with Crippen LogP contribution < -0.4 is 10.1 Å². The van der Waals surface area contributed by atoms with Gasteiger partial charge in [-0.05, 0) is 43.4 Å². The second-order valence-electron chi connectivity index (χ2n) is 8.56. The zero-order valence-electron chi connectivity index (χ0n) is 20.4. The van der Waals surface area contributed by atoms with Gasteiger partial charge >= 0.3 is 11.9 Å². The van der Waals surface area contributed by atoms with Crippen LogP contribution >= 0.6 is 0 Å². The minimum Gasteiger partial charge on any atom is -0.497 e. The van der Waals surface area contributed by atoms with Gasteiger partial charge in [-0.2, -0.15) is 0 Å². The molecule has 184 valence electrons. The van der Waals surface area contributed by atoms with Crippen molar-refractivity contribution in [3.63, 3.8) is 0 Å². The van der Waals surface area contributed by atoms with Gasteiger partial charge in [0.2, 0.25) is 0 Å². The van der Waals surface area contributed by atoms with Crippen molar-refractivity contribution in [2.75, 3.05) is 34.0 Å². The van der Waals surface area contributed by atoms with E-state index >= 15 is 0 Å². The third-order valence-corrected chi connectivity index (χ3v) is 6.22. The van der Waals surface area contributed by atoms with Gasteiger partial charge in [-0.25, -0.2) is 4.79 Å². The maximum Gasteiger partial charge on any atom is 0.336 e. The van der Waals surface area contributed by atoms with E-state index in [-0.39, 0.29) is 18.3 Å². The average Bonchev–Trinajstić information content (AvgIpc) is 2.82. The molecular formula is C26H33NO7. The number of methoxy groups -OCH3 is 2. The van der Waals surface area contributed by atoms with Crippen LogP contribution in [0.4, 0.5) is 0 Å². The molecule has 1 aliphatic heterocycles. The molecule has 34 heavy (non-hydrogen) atoms. The number of allylic oxidation sites excluding steroid dienone is 3. The molecule has 3 rings (SSSR count). The van der Waals surface area contributed by atoms with E-state index in [9.17, 15) is 14.4 Å². The number of dihydropyridines is 1. The van der Waals surface area contributed by atoms with Crippen LogP contribution in [0.25, 0.3) is 0 Å². The summed E-state index contributed by atoms with van der Waals surface area (Å²) in [6.45, 7) is 6.64. The molecule has 0 unspecified atom stereocenters. The summed E-state index contributed by atoms with van der Waals surface area (Å²) in [4.78, 5) is 39.4. The summed E-state index contributed by atoms with van der Waals surface area (Å²) >= 11 is 0. The van der Waals surface area contributed by atoms with Crippen LogP contribution in [0, 0.1) is 11.8 Å². The van der Waals surface area contributed by atoms with Gasteiger partial charge in [0.25, 0.3) is 0 Å². The number of hydrogen-bond donors (Lipinski definition) is 1. The van der Waals surface area contributed by atoms with Crippen molar-refractivity contribution in [1.82, 2.24) is 5.32 Å². The molecule has 0 radical (unpaired) electrons. The first-order valence-corrected chi connectivity index (χ1v) is 11.6. The third kappa shape index (κ3) is 5.17. The zero-order valence-corrected chi connectivity index (χ0v) is 20.4. The molecule has 8 nitrogen and oxygen atoms in total. The lowest BCUT2D eigenvalue weighted by Gasteiger charge is -2.38. The second-order valence-corrected chi connectivity index (χ2v) is 8.56. The Hall–Kier alpha value is -3.13. The first-order valence-electron chi connectivity index (χ1n) is 11.6. The van der Waals surface area contributed by atoms with Crippen molar-refractivity contribution >= 4 is 17.7 Å². The van der Waals surface area contributed by atoms with Gasteiger partial charge in [-0.3, -0.25) is 9.59 Å². The number of ether oxygens (including phenoxy) is 4. The fraction of sp³-hybridized carbons (Fsp3) is 0.500. The topological polar surface area (TPSA) is 100 Å². The van der Waals surface area contributed by atoms with E-state index in [0.29, 0.717) is 42.2 Å². The van der Waals surface area contributed by atoms with Crippen LogP contribution in [0.2, 0.25) is 0 Å². The van der Waals surface area contributed by atoms with Crippen LogP contribution in [-0.2, 0) is 28.6 Å². The minimum absolute atomic E-state index is 0.104. The minimum atomic E-state index is -0.926. The third-order valence-electron chi connectivity index (χ3n) is 6.22. The fourth-order valence-electron chi connectivity index (χ4n) is 4.60. The number of hydrogen-bond acceptors (Lipinski definition) is 8. The smallest absolute Gasteiger partial charge is 0.336 e. The van der Waals surface area contributed by atoms with E-state index in [0.717, 1.165) is 17.7 Å². The van der Waals surface area contributed by atoms with Crippen molar-refractivity contribution in [2.45, 2.75) is 39.5 Å². The van der Waals surface area contributed by atoms with E-state index in [1.165, 1.54) is 7.11 Å². The summed E-state index contributed by atoms with van der Waals surface area (Å²) in [6, 6.07) is 7.20. The predicted octanol–water partition coefficient (Wildman–Crippen LogP) is 3.28. The van der Waals surface area contributed by atoms with Gasteiger partial charge < -0.3 is 24.3 Å². The Balaban J connectivity index is 2.02. The highest BCUT2D eigenvalue weighted by molar-refractivity contribution is 6.12. The molecule has 0 fully saturated rings. The lowest BCUT2D eigenvalue weighted by Crippen LogP contribution is -2.43. The number of carbonyl (C=O) groups is 3. The summed E-state index contributed by atoms with van der Waals surface area (Å²) in [7, 11) is 2.85. The zero-order chi connectivity index (χ0) is 24.8. The van der Waals surface area contributed by atoms with Gasteiger partial charge in [0.15, 0.2) is 5.78 Å². The Kier molecular flexibility index (Phi) is 8.50. The largest absolute Gasteiger partial charge is 0.497 e. The molecular weight excluding hydrogens is 438 g/mol. The normalized spacial score (nSPS) is 22.1. The number of ketones is 1. The lowest BCUT2D eigenvalue weighted by molar-refractivity contribution is -0.151. The number of benzene rings is 1. The van der Waals surface area contributed by atoms with Crippen molar-refractivity contribution in [3.8, 4) is 5.75 Å². The first kappa shape index (κ1) is 25.5. The number of rotatable bonds is 9. The fourth-order valence-corrected chi connectivity index (χ4v) is 4.60. The van der Waals surface area contributed by atoms with Crippen LogP contribution in [-0.4, -0.2) is 51.8 Å². The number of Topliss-reactive ketones (excluding diaryl/α,β-unsaturated/α-hetero) is 1. The Morgan fingerprint density at radius 2 is 1.79 bits per heavy atom. The van der Waals surface area contributed by atoms with E-state index in [1.54, 1.807) is 26.2 Å². The van der Waals surface area contributed by atoms with E-state index in [2.05, 4.69) is 5.32 Å². The van der Waals surface area contributed by atoms with Crippen LogP contribution in [0.3, 0.4) is 0 Å². The molecule has 1 aromatic rings. The van der Waals surface area contributed by atoms with Crippen molar-refractivity contribution in [3.05, 3.63) is 52.4 Å². The molecule has 8 heteroatoms. The van der Waals surface area contributed by atoms with Gasteiger partial charge in [-0.15, -0.1) is 0 Å². The molecule has 0 aromatic heterocycles. The molecule has 0 spiro atoms. The molecule has 1 aromatic carbocycles. The standard InChI is InChI=1S/C26H33NO7/c1-6-11-33-12-13-34-26(30)21-16(3)27-19-14-15(2)20(25(29)32-5)24(28)23(19)22(21)17-7-9-18(31-4)10-8-17/h7-10,15,20,22,27H,6,11-14H2,1-5H3/t15-,20+,22+/m0/s1. The Morgan fingerprint density at radius 3 is 2.41 bits per heavy atom. The van der Waals surface area contributed by atoms with E-state index in [1.807, 2.05) is 26.0 Å². The highest BCUT2D eigenvalue weighted by atomic mass is 16.6. The molecule has 0 bridgehead atoms. The summed E-state index contributed by atoms with van der Waals surface area (Å²) in [5.41, 5.74) is 2.81. The average molecular weight is 472 g/mol. The van der Waals surface area contributed by atoms with Crippen molar-refractivity contribution in [1.29, 1.82) is 0 Å². The maximum atomic E-state index is 13.7. The molecule has 0 saturated heterocycles. The molecule has 2 aliphatic rings. The van der Waals surface area contributed by atoms with Crippen LogP contribution in [0.5, 0.6) is 5.75 Å². The molecule has 1 heterocycles. The summed E-state index contributed by atoms with van der Waals surface area (Å²) in [6.07, 6.45) is 1.36. The summed E-state index contributed by atoms with van der Waals surface area (Å²) in [5, 5.41) is 3.25. The lowest BCUT2D eigenvalue weighted by atomic mass is 9.69. The number of carbonyl (C=O) groups excluding carboxylic acids is 3. The Morgan fingerprint density at radius 1 is 1.09 bits per heavy atom. The van der Waals surface area contributed by atoms with Gasteiger partial charge in [0.05, 0.1) is 26.4 Å². The molecule has 1 N–H and O–H groups in total. The van der Waals surface area contributed by atoms with E-state index < -0.39 is 23.8 Å². The van der Waals surface area contributed by atoms with Crippen LogP contribution in [0.15, 0.2) is 46.8 Å². The number of nitrogens with one attached hydrogen (secondary N) is 1. The monoisotopic (exact) mass is 471 g/mol. The molecule has 3 atom stereocenters. The Labute approximate surface area is 200 Å². The van der Waals surface area contributed by atoms with Crippen molar-refractivity contribution in [2.24, 2.45) is 11.8 Å². The van der Waals surface area contributed by atoms with Gasteiger partial charge in [0.1, 0.15) is 18.3 Å². The highest BCUT2D eigenvalue weighted by Crippen LogP contribution is 2.45. The predicted molar refractivity (Wildman–Crippen MR) is 125 cm³/mol. The molecule has 0 amide bonds. The Bertz CT molecular complexity index is 993. The highest BCUT2D eigenvalue weighted by Gasteiger charge is 2.47. The SMILES string of the molecule is CCCOCCOC(=O)C1=C(C)NC2=C(C(=O)[C@H](C(=O)OC)[C@@H](C)C2)[C@@H]1c1ccc(OC)cc1. The second kappa shape index (κ2) is 11.3. The van der Waals surface area contributed by atoms with Gasteiger partial charge in [-0.1, -0.05) is 26.0 Å².